The number of aliphatic imine (C=N–C) groups is 1. The van der Waals surface area contributed by atoms with Gasteiger partial charge in [-0.05, 0) is 55.5 Å². The Hall–Kier alpha value is -4.40. The molecule has 30 heavy (non-hydrogen) atoms. The van der Waals surface area contributed by atoms with E-state index in [1.165, 1.54) is 30.5 Å². The predicted octanol–water partition coefficient (Wildman–Crippen LogP) is 3.99. The Kier molecular flexibility index (Phi) is 5.00. The maximum absolute atomic E-state index is 12.8. The number of aryl methyl sites for hydroxylation is 1. The van der Waals surface area contributed by atoms with Gasteiger partial charge in [0.15, 0.2) is 5.76 Å². The zero-order chi connectivity index (χ0) is 21.1. The summed E-state index contributed by atoms with van der Waals surface area (Å²) in [6.45, 7) is 1.65. The minimum atomic E-state index is -1.03. The number of nitrogens with zero attached hydrogens (tertiary/aromatic N) is 5. The third kappa shape index (κ3) is 3.76. The van der Waals surface area contributed by atoms with E-state index < -0.39 is 5.97 Å². The Morgan fingerprint density at radius 2 is 1.83 bits per heavy atom. The van der Waals surface area contributed by atoms with Crippen LogP contribution in [0.15, 0.2) is 91.5 Å². The monoisotopic (exact) mass is 401 g/mol. The number of hydrogen-bond acceptors (Lipinski definition) is 6. The minimum Gasteiger partial charge on any atom is -0.478 e. The highest BCUT2D eigenvalue weighted by Gasteiger charge is 2.10. The molecule has 0 aliphatic carbocycles. The molecule has 2 aromatic heterocycles. The Balaban J connectivity index is 1.77. The van der Waals surface area contributed by atoms with Crippen molar-refractivity contribution in [2.75, 3.05) is 0 Å². The van der Waals surface area contributed by atoms with Crippen molar-refractivity contribution in [3.63, 3.8) is 0 Å². The van der Waals surface area contributed by atoms with Gasteiger partial charge in [0, 0.05) is 0 Å². The van der Waals surface area contributed by atoms with Crippen molar-refractivity contribution >= 4 is 28.4 Å². The number of carboxylic acid groups (broad SMARTS) is 1. The Bertz CT molecular complexity index is 1340. The minimum absolute atomic E-state index is 0.113. The van der Waals surface area contributed by atoms with Gasteiger partial charge in [0.2, 0.25) is 5.84 Å². The SMILES string of the molecule is Cc1nc2ccccc2c(=O)n1N=NC(=Nc1ccc(C(=O)O)cc1)c1ccco1. The summed E-state index contributed by atoms with van der Waals surface area (Å²) in [5, 5.41) is 17.6. The number of furan rings is 1. The highest BCUT2D eigenvalue weighted by atomic mass is 16.4. The van der Waals surface area contributed by atoms with Crippen LogP contribution in [0.4, 0.5) is 5.69 Å². The topological polar surface area (TPSA) is 122 Å². The molecule has 0 spiro atoms. The maximum Gasteiger partial charge on any atom is 0.335 e. The largest absolute Gasteiger partial charge is 0.478 e. The van der Waals surface area contributed by atoms with Crippen LogP contribution in [-0.2, 0) is 0 Å². The number of carbonyl (C=O) groups is 1. The molecule has 0 bridgehead atoms. The van der Waals surface area contributed by atoms with Crippen molar-refractivity contribution in [2.24, 2.45) is 15.3 Å². The van der Waals surface area contributed by atoms with Gasteiger partial charge < -0.3 is 9.52 Å². The summed E-state index contributed by atoms with van der Waals surface area (Å²) in [4.78, 5) is 32.5. The number of rotatable bonds is 4. The number of amidine groups is 1. The molecule has 4 rings (SSSR count). The Labute approximate surface area is 169 Å². The number of hydrogen-bond donors (Lipinski definition) is 1. The molecule has 4 aromatic rings. The zero-order valence-corrected chi connectivity index (χ0v) is 15.8. The van der Waals surface area contributed by atoms with Crippen LogP contribution in [0.1, 0.15) is 21.9 Å². The zero-order valence-electron chi connectivity index (χ0n) is 15.8. The summed E-state index contributed by atoms with van der Waals surface area (Å²) < 4.78 is 6.46. The first-order valence-electron chi connectivity index (χ1n) is 8.89. The molecular weight excluding hydrogens is 386 g/mol. The second-order valence-corrected chi connectivity index (χ2v) is 6.25. The third-order valence-corrected chi connectivity index (χ3v) is 4.24. The first kappa shape index (κ1) is 18.9. The highest BCUT2D eigenvalue weighted by Crippen LogP contribution is 2.17. The maximum atomic E-state index is 12.8. The van der Waals surface area contributed by atoms with Crippen molar-refractivity contribution < 1.29 is 14.3 Å². The van der Waals surface area contributed by atoms with Crippen LogP contribution in [0, 0.1) is 6.92 Å². The Morgan fingerprint density at radius 3 is 2.53 bits per heavy atom. The third-order valence-electron chi connectivity index (χ3n) is 4.24. The molecule has 0 saturated carbocycles. The van der Waals surface area contributed by atoms with Crippen LogP contribution < -0.4 is 5.56 Å². The van der Waals surface area contributed by atoms with E-state index in [0.29, 0.717) is 28.2 Å². The molecule has 0 unspecified atom stereocenters. The summed E-state index contributed by atoms with van der Waals surface area (Å²) in [5.74, 6) is -0.217. The number of aromatic nitrogens is 2. The summed E-state index contributed by atoms with van der Waals surface area (Å²) >= 11 is 0. The standard InChI is InChI=1S/C21H15N5O4/c1-13-22-17-6-3-2-5-16(17)20(27)26(13)25-24-19(18-7-4-12-30-18)23-15-10-8-14(9-11-15)21(28)29/h2-12H,1H3,(H,28,29). The van der Waals surface area contributed by atoms with Crippen LogP contribution in [0.25, 0.3) is 10.9 Å². The number of aromatic carboxylic acids is 1. The molecular formula is C21H15N5O4. The fourth-order valence-electron chi connectivity index (χ4n) is 2.76. The van der Waals surface area contributed by atoms with Crippen LogP contribution in [0.3, 0.4) is 0 Å². The second kappa shape index (κ2) is 7.92. The smallest absolute Gasteiger partial charge is 0.335 e. The molecule has 9 nitrogen and oxygen atoms in total. The molecule has 9 heteroatoms. The summed E-state index contributed by atoms with van der Waals surface area (Å²) in [6, 6.07) is 16.2. The van der Waals surface area contributed by atoms with E-state index in [1.807, 2.05) is 0 Å². The van der Waals surface area contributed by atoms with E-state index in [2.05, 4.69) is 20.3 Å². The van der Waals surface area contributed by atoms with Crippen molar-refractivity contribution in [3.8, 4) is 0 Å². The molecule has 0 fully saturated rings. The van der Waals surface area contributed by atoms with Gasteiger partial charge >= 0.3 is 5.97 Å². The van der Waals surface area contributed by atoms with Crippen LogP contribution in [0.5, 0.6) is 0 Å². The van der Waals surface area contributed by atoms with E-state index in [-0.39, 0.29) is 17.0 Å². The number of benzene rings is 2. The first-order chi connectivity index (χ1) is 14.5. The van der Waals surface area contributed by atoms with Crippen molar-refractivity contribution in [3.05, 3.63) is 94.4 Å². The van der Waals surface area contributed by atoms with Gasteiger partial charge in [-0.1, -0.05) is 17.4 Å². The van der Waals surface area contributed by atoms with Crippen molar-refractivity contribution in [1.29, 1.82) is 0 Å². The average molecular weight is 401 g/mol. The van der Waals surface area contributed by atoms with E-state index in [4.69, 9.17) is 9.52 Å². The van der Waals surface area contributed by atoms with Gasteiger partial charge in [-0.15, -0.1) is 5.11 Å². The average Bonchev–Trinajstić information content (AvgIpc) is 3.28. The highest BCUT2D eigenvalue weighted by molar-refractivity contribution is 5.98. The second-order valence-electron chi connectivity index (χ2n) is 6.25. The first-order valence-corrected chi connectivity index (χ1v) is 8.89. The van der Waals surface area contributed by atoms with Gasteiger partial charge in [-0.3, -0.25) is 4.79 Å². The van der Waals surface area contributed by atoms with Gasteiger partial charge in [0.1, 0.15) is 5.82 Å². The van der Waals surface area contributed by atoms with Crippen molar-refractivity contribution in [2.45, 2.75) is 6.92 Å². The van der Waals surface area contributed by atoms with Crippen LogP contribution >= 0.6 is 0 Å². The summed E-state index contributed by atoms with van der Waals surface area (Å²) in [6.07, 6.45) is 1.46. The van der Waals surface area contributed by atoms with Gasteiger partial charge in [-0.25, -0.2) is 14.8 Å². The van der Waals surface area contributed by atoms with Gasteiger partial charge in [0.25, 0.3) is 5.56 Å². The predicted molar refractivity (Wildman–Crippen MR) is 109 cm³/mol. The molecule has 2 heterocycles. The lowest BCUT2D eigenvalue weighted by atomic mass is 10.2. The molecule has 0 amide bonds. The Morgan fingerprint density at radius 1 is 1.07 bits per heavy atom. The molecule has 0 aliphatic rings. The molecule has 0 aliphatic heterocycles. The van der Waals surface area contributed by atoms with E-state index in [0.717, 1.165) is 4.68 Å². The molecule has 148 valence electrons. The molecule has 0 radical (unpaired) electrons. The lowest BCUT2D eigenvalue weighted by Gasteiger charge is -2.04. The fourth-order valence-corrected chi connectivity index (χ4v) is 2.76. The lowest BCUT2D eigenvalue weighted by molar-refractivity contribution is 0.0697. The number of para-hydroxylation sites is 1. The summed E-state index contributed by atoms with van der Waals surface area (Å²) in [7, 11) is 0. The van der Waals surface area contributed by atoms with Crippen molar-refractivity contribution in [1.82, 2.24) is 9.66 Å². The van der Waals surface area contributed by atoms with Crippen LogP contribution in [-0.4, -0.2) is 26.6 Å². The molecule has 1 N–H and O–H groups in total. The molecule has 2 aromatic carbocycles. The van der Waals surface area contributed by atoms with Crippen LogP contribution in [0.2, 0.25) is 0 Å². The van der Waals surface area contributed by atoms with Gasteiger partial charge in [-0.2, -0.15) is 4.68 Å². The number of fused-ring (bicyclic) bond motifs is 1. The number of carboxylic acids is 1. The molecule has 0 atom stereocenters. The quantitative estimate of drug-likeness (QED) is 0.315. The van der Waals surface area contributed by atoms with Gasteiger partial charge in [0.05, 0.1) is 28.4 Å². The van der Waals surface area contributed by atoms with E-state index in [9.17, 15) is 9.59 Å². The normalized spacial score (nSPS) is 12.0. The van der Waals surface area contributed by atoms with E-state index in [1.54, 1.807) is 43.3 Å². The summed E-state index contributed by atoms with van der Waals surface area (Å²) in [5.41, 5.74) is 0.807. The van der Waals surface area contributed by atoms with E-state index >= 15 is 0 Å². The lowest BCUT2D eigenvalue weighted by Crippen LogP contribution is -2.20. The fraction of sp³-hybridized carbons (Fsp3) is 0.0476. The molecule has 0 saturated heterocycles.